The van der Waals surface area contributed by atoms with E-state index in [-0.39, 0.29) is 24.0 Å². The molecule has 1 fully saturated rings. The molecule has 1 saturated heterocycles. The first-order valence-corrected chi connectivity index (χ1v) is 8.95. The summed E-state index contributed by atoms with van der Waals surface area (Å²) >= 11 is 0. The molecule has 1 aliphatic rings. The molecule has 1 atom stereocenters. The predicted octanol–water partition coefficient (Wildman–Crippen LogP) is 4.08. The molecule has 0 saturated carbocycles. The van der Waals surface area contributed by atoms with Gasteiger partial charge in [-0.2, -0.15) is 13.2 Å². The number of hydrogen-bond donors (Lipinski definition) is 1. The zero-order chi connectivity index (χ0) is 20.3. The van der Waals surface area contributed by atoms with Crippen molar-refractivity contribution in [2.24, 2.45) is 4.99 Å². The van der Waals surface area contributed by atoms with E-state index in [1.165, 1.54) is 6.07 Å². The van der Waals surface area contributed by atoms with Crippen LogP contribution < -0.4 is 5.32 Å². The van der Waals surface area contributed by atoms with Gasteiger partial charge in [0.1, 0.15) is 11.9 Å². The fraction of sp³-hybridized carbons (Fsp3) is 0.474. The average molecular weight is 524 g/mol. The smallest absolute Gasteiger partial charge is 0.370 e. The van der Waals surface area contributed by atoms with Gasteiger partial charge in [-0.05, 0) is 31.5 Å². The van der Waals surface area contributed by atoms with Gasteiger partial charge in [-0.1, -0.05) is 17.3 Å². The van der Waals surface area contributed by atoms with Crippen LogP contribution in [-0.4, -0.2) is 42.8 Å². The van der Waals surface area contributed by atoms with Crippen LogP contribution in [0.2, 0.25) is 0 Å². The number of morpholine rings is 1. The monoisotopic (exact) mass is 524 g/mol. The summed E-state index contributed by atoms with van der Waals surface area (Å²) < 4.78 is 49.9. The Morgan fingerprint density at radius 1 is 1.34 bits per heavy atom. The maximum Gasteiger partial charge on any atom is 0.416 e. The third-order valence-electron chi connectivity index (χ3n) is 4.77. The van der Waals surface area contributed by atoms with Crippen molar-refractivity contribution in [2.75, 3.05) is 26.7 Å². The van der Waals surface area contributed by atoms with Crippen molar-refractivity contribution in [1.82, 2.24) is 15.4 Å². The highest BCUT2D eigenvalue weighted by Gasteiger charge is 2.32. The van der Waals surface area contributed by atoms with Crippen LogP contribution >= 0.6 is 24.0 Å². The second-order valence-electron chi connectivity index (χ2n) is 6.63. The molecule has 1 N–H and O–H groups in total. The average Bonchev–Trinajstić information content (AvgIpc) is 3.00. The normalized spacial score (nSPS) is 17.8. The number of hydrogen-bond acceptors (Lipinski definition) is 4. The van der Waals surface area contributed by atoms with Gasteiger partial charge in [0.15, 0.2) is 5.96 Å². The number of nitrogens with zero attached hydrogens (tertiary/aromatic N) is 3. The van der Waals surface area contributed by atoms with E-state index in [9.17, 15) is 13.2 Å². The van der Waals surface area contributed by atoms with Gasteiger partial charge in [0, 0.05) is 25.7 Å². The van der Waals surface area contributed by atoms with Crippen LogP contribution in [0.25, 0.3) is 0 Å². The van der Waals surface area contributed by atoms with Crippen LogP contribution in [0.3, 0.4) is 0 Å². The van der Waals surface area contributed by atoms with Crippen molar-refractivity contribution in [3.05, 3.63) is 52.4 Å². The molecule has 0 aliphatic carbocycles. The maximum absolute atomic E-state index is 13.0. The van der Waals surface area contributed by atoms with E-state index in [1.54, 1.807) is 13.1 Å². The Hall–Kier alpha value is -1.82. The van der Waals surface area contributed by atoms with Crippen LogP contribution in [0.4, 0.5) is 13.2 Å². The minimum Gasteiger partial charge on any atom is -0.370 e. The summed E-state index contributed by atoms with van der Waals surface area (Å²) in [5, 5.41) is 7.20. The molecule has 0 spiro atoms. The Morgan fingerprint density at radius 2 is 2.10 bits per heavy atom. The minimum atomic E-state index is -4.38. The minimum absolute atomic E-state index is 0. The van der Waals surface area contributed by atoms with E-state index in [2.05, 4.69) is 15.5 Å². The van der Waals surface area contributed by atoms with Gasteiger partial charge in [-0.25, -0.2) is 0 Å². The zero-order valence-corrected chi connectivity index (χ0v) is 18.7. The first kappa shape index (κ1) is 23.5. The van der Waals surface area contributed by atoms with E-state index < -0.39 is 17.8 Å². The van der Waals surface area contributed by atoms with Crippen molar-refractivity contribution in [1.29, 1.82) is 0 Å². The topological polar surface area (TPSA) is 62.9 Å². The molecule has 1 unspecified atom stereocenters. The molecule has 29 heavy (non-hydrogen) atoms. The van der Waals surface area contributed by atoms with Crippen molar-refractivity contribution < 1.29 is 22.4 Å². The molecule has 1 aromatic heterocycles. The number of aliphatic imine (C=N–C) groups is 1. The largest absolute Gasteiger partial charge is 0.416 e. The Bertz CT molecular complexity index is 835. The molecular weight excluding hydrogens is 500 g/mol. The van der Waals surface area contributed by atoms with E-state index >= 15 is 0 Å². The number of ether oxygens (including phenoxy) is 1. The van der Waals surface area contributed by atoms with Gasteiger partial charge in [-0.3, -0.25) is 4.99 Å². The van der Waals surface area contributed by atoms with Gasteiger partial charge in [-0.15, -0.1) is 24.0 Å². The number of halogens is 4. The molecule has 2 heterocycles. The molecule has 1 aliphatic heterocycles. The molecule has 0 bridgehead atoms. The van der Waals surface area contributed by atoms with Crippen molar-refractivity contribution in [2.45, 2.75) is 32.7 Å². The summed E-state index contributed by atoms with van der Waals surface area (Å²) in [5.41, 5.74) is 1.60. The van der Waals surface area contributed by atoms with E-state index in [1.807, 2.05) is 18.7 Å². The summed E-state index contributed by atoms with van der Waals surface area (Å²) in [5.74, 6) is 1.39. The number of guanidine groups is 1. The van der Waals surface area contributed by atoms with Gasteiger partial charge in [0.05, 0.1) is 24.4 Å². The van der Waals surface area contributed by atoms with E-state index in [0.717, 1.165) is 29.2 Å². The standard InChI is InChI=1S/C19H23F3N4O2.HI/c1-12-16(13(2)28-25-12)10-24-18(23-3)26-7-8-27-17(11-26)14-5-4-6-15(9-14)19(20,21)22;/h4-6,9,17H,7-8,10-11H2,1-3H3,(H,23,24);1H. The fourth-order valence-electron chi connectivity index (χ4n) is 3.21. The van der Waals surface area contributed by atoms with E-state index in [4.69, 9.17) is 9.26 Å². The van der Waals surface area contributed by atoms with Crippen LogP contribution in [-0.2, 0) is 17.5 Å². The SMILES string of the molecule is CN=C(NCc1c(C)noc1C)N1CCOC(c2cccc(C(F)(F)F)c2)C1.I. The summed E-state index contributed by atoms with van der Waals surface area (Å²) in [4.78, 5) is 6.28. The van der Waals surface area contributed by atoms with Crippen LogP contribution in [0.5, 0.6) is 0 Å². The van der Waals surface area contributed by atoms with Crippen LogP contribution in [0, 0.1) is 13.8 Å². The van der Waals surface area contributed by atoms with Crippen LogP contribution in [0.15, 0.2) is 33.8 Å². The highest BCUT2D eigenvalue weighted by atomic mass is 127. The summed E-state index contributed by atoms with van der Waals surface area (Å²) in [6.07, 6.45) is -4.84. The Morgan fingerprint density at radius 3 is 2.72 bits per heavy atom. The predicted molar refractivity (Wildman–Crippen MR) is 113 cm³/mol. The molecule has 0 amide bonds. The first-order chi connectivity index (χ1) is 13.3. The molecule has 3 rings (SSSR count). The number of aryl methyl sites for hydroxylation is 2. The van der Waals surface area contributed by atoms with Crippen molar-refractivity contribution >= 4 is 29.9 Å². The number of aromatic nitrogens is 1. The second kappa shape index (κ2) is 9.79. The lowest BCUT2D eigenvalue weighted by atomic mass is 10.0. The third-order valence-corrected chi connectivity index (χ3v) is 4.77. The maximum atomic E-state index is 13.0. The van der Waals surface area contributed by atoms with E-state index in [0.29, 0.717) is 37.8 Å². The Balaban J connectivity index is 0.00000300. The fourth-order valence-corrected chi connectivity index (χ4v) is 3.21. The van der Waals surface area contributed by atoms with Crippen molar-refractivity contribution in [3.63, 3.8) is 0 Å². The Kier molecular flexibility index (Phi) is 7.92. The zero-order valence-electron chi connectivity index (χ0n) is 16.4. The molecule has 6 nitrogen and oxygen atoms in total. The highest BCUT2D eigenvalue weighted by Crippen LogP contribution is 2.32. The molecule has 160 valence electrons. The molecule has 2 aromatic rings. The molecule has 10 heteroatoms. The number of rotatable bonds is 3. The highest BCUT2D eigenvalue weighted by molar-refractivity contribution is 14.0. The molecular formula is C19H24F3IN4O2. The van der Waals surface area contributed by atoms with Crippen LogP contribution in [0.1, 0.15) is 34.2 Å². The third kappa shape index (κ3) is 5.62. The lowest BCUT2D eigenvalue weighted by Gasteiger charge is -2.35. The molecule has 0 radical (unpaired) electrons. The number of alkyl halides is 3. The summed E-state index contributed by atoms with van der Waals surface area (Å²) in [6.45, 7) is 5.61. The number of nitrogens with one attached hydrogen (secondary N) is 1. The van der Waals surface area contributed by atoms with Gasteiger partial charge >= 0.3 is 6.18 Å². The Labute approximate surface area is 184 Å². The molecule has 1 aromatic carbocycles. The van der Waals surface area contributed by atoms with Gasteiger partial charge in [0.2, 0.25) is 0 Å². The quantitative estimate of drug-likeness (QED) is 0.373. The lowest BCUT2D eigenvalue weighted by molar-refractivity contribution is -0.137. The van der Waals surface area contributed by atoms with Crippen molar-refractivity contribution in [3.8, 4) is 0 Å². The van der Waals surface area contributed by atoms with Gasteiger partial charge in [0.25, 0.3) is 0 Å². The summed E-state index contributed by atoms with van der Waals surface area (Å²) in [7, 11) is 1.67. The number of benzene rings is 1. The second-order valence-corrected chi connectivity index (χ2v) is 6.63. The first-order valence-electron chi connectivity index (χ1n) is 8.95. The lowest BCUT2D eigenvalue weighted by Crippen LogP contribution is -2.48. The summed E-state index contributed by atoms with van der Waals surface area (Å²) in [6, 6.07) is 5.27. The van der Waals surface area contributed by atoms with Gasteiger partial charge < -0.3 is 19.5 Å².